The van der Waals surface area contributed by atoms with Crippen LogP contribution in [0.15, 0.2) is 24.3 Å². The van der Waals surface area contributed by atoms with Gasteiger partial charge in [-0.3, -0.25) is 4.79 Å². The Morgan fingerprint density at radius 2 is 2.06 bits per heavy atom. The Morgan fingerprint density at radius 1 is 1.38 bits per heavy atom. The lowest BCUT2D eigenvalue weighted by molar-refractivity contribution is -0.146. The first-order chi connectivity index (χ1) is 7.68. The molecule has 2 aliphatic carbocycles. The number of carbonyl (C=O) groups excluding carboxylic acids is 1. The monoisotopic (exact) mass is 236 g/mol. The molecule has 1 aromatic carbocycles. The van der Waals surface area contributed by atoms with Crippen LogP contribution in [0.25, 0.3) is 0 Å². The van der Waals surface area contributed by atoms with E-state index in [1.165, 1.54) is 18.1 Å². The van der Waals surface area contributed by atoms with Gasteiger partial charge in [-0.15, -0.1) is 11.6 Å². The van der Waals surface area contributed by atoms with Crippen LogP contribution in [-0.2, 0) is 9.53 Å². The third kappa shape index (κ3) is 1.29. The van der Waals surface area contributed by atoms with E-state index in [4.69, 9.17) is 16.3 Å². The number of ether oxygens (including phenoxy) is 1. The van der Waals surface area contributed by atoms with Crippen LogP contribution in [0.4, 0.5) is 0 Å². The van der Waals surface area contributed by atoms with Gasteiger partial charge in [-0.2, -0.15) is 0 Å². The largest absolute Gasteiger partial charge is 0.462 e. The molecule has 2 aliphatic rings. The Morgan fingerprint density at radius 3 is 2.75 bits per heavy atom. The summed E-state index contributed by atoms with van der Waals surface area (Å²) in [5.41, 5.74) is 2.61. The highest BCUT2D eigenvalue weighted by Crippen LogP contribution is 2.56. The second kappa shape index (κ2) is 3.49. The van der Waals surface area contributed by atoms with Crippen molar-refractivity contribution >= 4 is 17.6 Å². The lowest BCUT2D eigenvalue weighted by atomic mass is 9.90. The third-order valence-corrected chi connectivity index (χ3v) is 4.26. The van der Waals surface area contributed by atoms with Crippen LogP contribution in [0.2, 0.25) is 0 Å². The zero-order valence-corrected chi connectivity index (χ0v) is 9.78. The van der Waals surface area contributed by atoms with E-state index in [-0.39, 0.29) is 23.4 Å². The zero-order chi connectivity index (χ0) is 11.3. The Balaban J connectivity index is 1.97. The number of rotatable bonds is 1. The number of hydrogen-bond acceptors (Lipinski definition) is 2. The molecular formula is C13H13ClO2. The molecule has 1 fully saturated rings. The maximum absolute atomic E-state index is 11.0. The molecule has 0 aliphatic heterocycles. The van der Waals surface area contributed by atoms with Crippen molar-refractivity contribution in [3.05, 3.63) is 35.4 Å². The van der Waals surface area contributed by atoms with E-state index in [1.807, 2.05) is 12.1 Å². The van der Waals surface area contributed by atoms with E-state index in [0.29, 0.717) is 5.92 Å². The fraction of sp³-hybridized carbons (Fsp3) is 0.462. The number of halogens is 1. The van der Waals surface area contributed by atoms with Gasteiger partial charge in [0.25, 0.3) is 0 Å². The lowest BCUT2D eigenvalue weighted by Crippen LogP contribution is -2.23. The molecule has 4 atom stereocenters. The van der Waals surface area contributed by atoms with E-state index in [0.717, 1.165) is 6.42 Å². The highest BCUT2D eigenvalue weighted by Gasteiger charge is 2.52. The molecule has 0 heterocycles. The summed E-state index contributed by atoms with van der Waals surface area (Å²) in [6, 6.07) is 8.31. The molecular weight excluding hydrogens is 224 g/mol. The molecule has 84 valence electrons. The zero-order valence-electron chi connectivity index (χ0n) is 9.02. The second-order valence-electron chi connectivity index (χ2n) is 4.59. The van der Waals surface area contributed by atoms with Crippen molar-refractivity contribution in [3.63, 3.8) is 0 Å². The van der Waals surface area contributed by atoms with Gasteiger partial charge in [-0.1, -0.05) is 24.3 Å². The van der Waals surface area contributed by atoms with Crippen LogP contribution in [0.1, 0.15) is 36.3 Å². The van der Waals surface area contributed by atoms with Crippen molar-refractivity contribution in [2.24, 2.45) is 0 Å². The van der Waals surface area contributed by atoms with Crippen molar-refractivity contribution in [2.45, 2.75) is 36.7 Å². The van der Waals surface area contributed by atoms with E-state index in [1.54, 1.807) is 0 Å². The average Bonchev–Trinajstić information content (AvgIpc) is 2.69. The van der Waals surface area contributed by atoms with Gasteiger partial charge in [0, 0.05) is 18.8 Å². The highest BCUT2D eigenvalue weighted by atomic mass is 35.5. The summed E-state index contributed by atoms with van der Waals surface area (Å²) < 4.78 is 5.35. The fourth-order valence-electron chi connectivity index (χ4n) is 3.14. The quantitative estimate of drug-likeness (QED) is 0.554. The summed E-state index contributed by atoms with van der Waals surface area (Å²) >= 11 is 6.43. The smallest absolute Gasteiger partial charge is 0.302 e. The predicted octanol–water partition coefficient (Wildman–Crippen LogP) is 2.81. The van der Waals surface area contributed by atoms with E-state index >= 15 is 0 Å². The van der Waals surface area contributed by atoms with Gasteiger partial charge < -0.3 is 4.74 Å². The van der Waals surface area contributed by atoms with Crippen LogP contribution in [0.3, 0.4) is 0 Å². The van der Waals surface area contributed by atoms with Crippen molar-refractivity contribution in [2.75, 3.05) is 0 Å². The van der Waals surface area contributed by atoms with Gasteiger partial charge >= 0.3 is 5.97 Å². The Labute approximate surface area is 99.6 Å². The van der Waals surface area contributed by atoms with E-state index in [2.05, 4.69) is 12.1 Å². The fourth-order valence-corrected chi connectivity index (χ4v) is 3.68. The third-order valence-electron chi connectivity index (χ3n) is 3.69. The first kappa shape index (κ1) is 10.2. The van der Waals surface area contributed by atoms with Gasteiger partial charge in [0.15, 0.2) is 0 Å². The Hall–Kier alpha value is -1.02. The van der Waals surface area contributed by atoms with Crippen LogP contribution < -0.4 is 0 Å². The maximum Gasteiger partial charge on any atom is 0.302 e. The first-order valence-corrected chi connectivity index (χ1v) is 6.02. The molecule has 0 aromatic heterocycles. The standard InChI is InChI=1S/C13H13ClO2/c1-7(15)16-11-6-10-8-4-2-3-5-9(8)12(11)13(10)14/h2-5,10-13H,6H2,1H3/t10-,11+,12-,13+/m0/s1. The summed E-state index contributed by atoms with van der Waals surface area (Å²) in [6.07, 6.45) is 0.843. The number of alkyl halides is 1. The minimum Gasteiger partial charge on any atom is -0.462 e. The van der Waals surface area contributed by atoms with Gasteiger partial charge in [0.2, 0.25) is 0 Å². The van der Waals surface area contributed by atoms with Gasteiger partial charge in [0.05, 0.1) is 5.38 Å². The van der Waals surface area contributed by atoms with Gasteiger partial charge in [0.1, 0.15) is 6.10 Å². The van der Waals surface area contributed by atoms with E-state index < -0.39 is 0 Å². The molecule has 3 heteroatoms. The van der Waals surface area contributed by atoms with Crippen molar-refractivity contribution < 1.29 is 9.53 Å². The van der Waals surface area contributed by atoms with Crippen LogP contribution >= 0.6 is 11.6 Å². The molecule has 0 N–H and O–H groups in total. The van der Waals surface area contributed by atoms with Crippen molar-refractivity contribution in [1.82, 2.24) is 0 Å². The molecule has 0 saturated heterocycles. The number of benzene rings is 1. The first-order valence-electron chi connectivity index (χ1n) is 5.58. The van der Waals surface area contributed by atoms with Crippen molar-refractivity contribution in [1.29, 1.82) is 0 Å². The Bertz CT molecular complexity index is 443. The molecule has 3 rings (SSSR count). The topological polar surface area (TPSA) is 26.3 Å². The summed E-state index contributed by atoms with van der Waals surface area (Å²) in [4.78, 5) is 11.0. The molecule has 16 heavy (non-hydrogen) atoms. The number of fused-ring (bicyclic) bond motifs is 5. The number of carbonyl (C=O) groups is 1. The minimum absolute atomic E-state index is 0.0279. The van der Waals surface area contributed by atoms with Crippen molar-refractivity contribution in [3.8, 4) is 0 Å². The summed E-state index contributed by atoms with van der Waals surface area (Å²) in [5, 5.41) is 0.0850. The SMILES string of the molecule is CC(=O)O[C@@H]1C[C@H]2c3ccccc3[C@@H]1[C@@H]2Cl. The number of esters is 1. The molecule has 2 nitrogen and oxygen atoms in total. The number of hydrogen-bond donors (Lipinski definition) is 0. The molecule has 0 radical (unpaired) electrons. The average molecular weight is 237 g/mol. The predicted molar refractivity (Wildman–Crippen MR) is 61.7 cm³/mol. The molecule has 0 amide bonds. The molecule has 1 saturated carbocycles. The van der Waals surface area contributed by atoms with E-state index in [9.17, 15) is 4.79 Å². The molecule has 2 bridgehead atoms. The highest BCUT2D eigenvalue weighted by molar-refractivity contribution is 6.22. The van der Waals surface area contributed by atoms with Gasteiger partial charge in [-0.25, -0.2) is 0 Å². The molecule has 0 spiro atoms. The van der Waals surface area contributed by atoms with Crippen LogP contribution in [0, 0.1) is 0 Å². The van der Waals surface area contributed by atoms with Crippen LogP contribution in [-0.4, -0.2) is 17.5 Å². The molecule has 0 unspecified atom stereocenters. The minimum atomic E-state index is -0.209. The lowest BCUT2D eigenvalue weighted by Gasteiger charge is -2.23. The Kier molecular flexibility index (Phi) is 2.21. The molecule has 1 aromatic rings. The maximum atomic E-state index is 11.0. The normalized spacial score (nSPS) is 34.9. The summed E-state index contributed by atoms with van der Waals surface area (Å²) in [6.45, 7) is 1.46. The van der Waals surface area contributed by atoms with Crippen LogP contribution in [0.5, 0.6) is 0 Å². The summed E-state index contributed by atoms with van der Waals surface area (Å²) in [5.74, 6) is 0.331. The summed E-state index contributed by atoms with van der Waals surface area (Å²) in [7, 11) is 0. The second-order valence-corrected chi connectivity index (χ2v) is 5.09. The van der Waals surface area contributed by atoms with Gasteiger partial charge in [-0.05, 0) is 17.5 Å².